The molecule has 0 aromatic heterocycles. The predicted octanol–water partition coefficient (Wildman–Crippen LogP) is 3.15. The van der Waals surface area contributed by atoms with E-state index in [9.17, 15) is 4.39 Å². The summed E-state index contributed by atoms with van der Waals surface area (Å²) in [5.74, 6) is 1.52. The van der Waals surface area contributed by atoms with E-state index in [2.05, 4.69) is 21.7 Å². The van der Waals surface area contributed by atoms with Gasteiger partial charge in [0.15, 0.2) is 5.96 Å². The largest absolute Gasteiger partial charge is 0.488 e. The molecule has 0 saturated carbocycles. The topological polar surface area (TPSA) is 45.7 Å². The summed E-state index contributed by atoms with van der Waals surface area (Å²) < 4.78 is 18.8. The Morgan fingerprint density at radius 2 is 1.92 bits per heavy atom. The molecule has 134 valence electrons. The fourth-order valence-electron chi connectivity index (χ4n) is 2.78. The van der Waals surface area contributed by atoms with Crippen LogP contribution in [0.3, 0.4) is 0 Å². The highest BCUT2D eigenvalue weighted by molar-refractivity contribution is 14.0. The first kappa shape index (κ1) is 19.5. The zero-order valence-corrected chi connectivity index (χ0v) is 16.5. The number of nitrogens with zero attached hydrogens (tertiary/aromatic N) is 1. The van der Waals surface area contributed by atoms with Crippen LogP contribution in [0.2, 0.25) is 0 Å². The molecule has 1 aliphatic rings. The Labute approximate surface area is 164 Å². The van der Waals surface area contributed by atoms with Crippen molar-refractivity contribution >= 4 is 29.9 Å². The molecule has 6 heteroatoms. The van der Waals surface area contributed by atoms with Gasteiger partial charge in [-0.25, -0.2) is 4.39 Å². The molecule has 1 atom stereocenters. The summed E-state index contributed by atoms with van der Waals surface area (Å²) in [5, 5.41) is 6.56. The maximum Gasteiger partial charge on any atom is 0.191 e. The van der Waals surface area contributed by atoms with Crippen LogP contribution in [0.4, 0.5) is 4.39 Å². The van der Waals surface area contributed by atoms with E-state index in [1.165, 1.54) is 17.7 Å². The molecule has 0 spiro atoms. The standard InChI is InChI=1S/C19H22FN3O.HI/c1-21-19(22-11-10-14-6-8-16(20)9-7-14)23-13-17-12-15-4-2-3-5-18(15)24-17;/h2-9,17H,10-13H2,1H3,(H2,21,22,23);1H. The predicted molar refractivity (Wildman–Crippen MR) is 109 cm³/mol. The molecule has 1 heterocycles. The molecular weight excluding hydrogens is 432 g/mol. The second kappa shape index (κ2) is 9.60. The third-order valence-electron chi connectivity index (χ3n) is 4.05. The van der Waals surface area contributed by atoms with E-state index in [1.807, 2.05) is 18.2 Å². The van der Waals surface area contributed by atoms with Crippen molar-refractivity contribution in [3.63, 3.8) is 0 Å². The zero-order valence-electron chi connectivity index (χ0n) is 14.2. The number of hydrogen-bond donors (Lipinski definition) is 2. The lowest BCUT2D eigenvalue weighted by molar-refractivity contribution is 0.235. The molecule has 2 aromatic carbocycles. The first-order valence-electron chi connectivity index (χ1n) is 8.18. The SMILES string of the molecule is CN=C(NCCc1ccc(F)cc1)NCC1Cc2ccccc2O1.I. The van der Waals surface area contributed by atoms with Crippen molar-refractivity contribution in [3.05, 3.63) is 65.5 Å². The summed E-state index contributed by atoms with van der Waals surface area (Å²) >= 11 is 0. The van der Waals surface area contributed by atoms with Crippen molar-refractivity contribution < 1.29 is 9.13 Å². The van der Waals surface area contributed by atoms with Crippen molar-refractivity contribution in [2.45, 2.75) is 18.9 Å². The average Bonchev–Trinajstić information content (AvgIpc) is 3.02. The van der Waals surface area contributed by atoms with Gasteiger partial charge in [0.25, 0.3) is 0 Å². The normalized spacial score (nSPS) is 15.8. The highest BCUT2D eigenvalue weighted by Crippen LogP contribution is 2.27. The molecule has 3 rings (SSSR count). The quantitative estimate of drug-likeness (QED) is 0.414. The van der Waals surface area contributed by atoms with Gasteiger partial charge in [-0.15, -0.1) is 24.0 Å². The Morgan fingerprint density at radius 1 is 1.16 bits per heavy atom. The van der Waals surface area contributed by atoms with Crippen LogP contribution in [0.1, 0.15) is 11.1 Å². The smallest absolute Gasteiger partial charge is 0.191 e. The van der Waals surface area contributed by atoms with Crippen molar-refractivity contribution in [1.82, 2.24) is 10.6 Å². The molecule has 0 fully saturated rings. The van der Waals surface area contributed by atoms with E-state index >= 15 is 0 Å². The van der Waals surface area contributed by atoms with Crippen molar-refractivity contribution in [1.29, 1.82) is 0 Å². The summed E-state index contributed by atoms with van der Waals surface area (Å²) in [6.07, 6.45) is 1.85. The van der Waals surface area contributed by atoms with E-state index in [1.54, 1.807) is 19.2 Å². The fraction of sp³-hybridized carbons (Fsp3) is 0.316. The molecule has 0 bridgehead atoms. The van der Waals surface area contributed by atoms with Crippen molar-refractivity contribution in [2.75, 3.05) is 20.1 Å². The number of guanidine groups is 1. The number of benzene rings is 2. The van der Waals surface area contributed by atoms with Crippen molar-refractivity contribution in [2.24, 2.45) is 4.99 Å². The number of rotatable bonds is 5. The molecule has 2 N–H and O–H groups in total. The molecule has 4 nitrogen and oxygen atoms in total. The number of ether oxygens (including phenoxy) is 1. The summed E-state index contributed by atoms with van der Waals surface area (Å²) in [6.45, 7) is 1.43. The maximum atomic E-state index is 12.9. The summed E-state index contributed by atoms with van der Waals surface area (Å²) in [7, 11) is 1.75. The number of fused-ring (bicyclic) bond motifs is 1. The van der Waals surface area contributed by atoms with Crippen LogP contribution < -0.4 is 15.4 Å². The van der Waals surface area contributed by atoms with Crippen LogP contribution in [-0.4, -0.2) is 32.2 Å². The Balaban J connectivity index is 0.00000225. The van der Waals surface area contributed by atoms with Crippen LogP contribution in [0.25, 0.3) is 0 Å². The monoisotopic (exact) mass is 455 g/mol. The lowest BCUT2D eigenvalue weighted by atomic mass is 10.1. The highest BCUT2D eigenvalue weighted by atomic mass is 127. The van der Waals surface area contributed by atoms with Gasteiger partial charge in [0.05, 0.1) is 6.54 Å². The van der Waals surface area contributed by atoms with Gasteiger partial charge in [-0.05, 0) is 35.7 Å². The lowest BCUT2D eigenvalue weighted by Crippen LogP contribution is -2.42. The van der Waals surface area contributed by atoms with E-state index in [4.69, 9.17) is 4.74 Å². The number of hydrogen-bond acceptors (Lipinski definition) is 2. The average molecular weight is 455 g/mol. The molecule has 0 aliphatic carbocycles. The van der Waals surface area contributed by atoms with Crippen molar-refractivity contribution in [3.8, 4) is 5.75 Å². The highest BCUT2D eigenvalue weighted by Gasteiger charge is 2.22. The van der Waals surface area contributed by atoms with E-state index in [0.29, 0.717) is 6.54 Å². The van der Waals surface area contributed by atoms with Gasteiger partial charge in [-0.1, -0.05) is 30.3 Å². The van der Waals surface area contributed by atoms with Crippen LogP contribution in [-0.2, 0) is 12.8 Å². The maximum absolute atomic E-state index is 12.9. The first-order chi connectivity index (χ1) is 11.7. The summed E-state index contributed by atoms with van der Waals surface area (Å²) in [4.78, 5) is 4.22. The molecular formula is C19H23FIN3O. The number of para-hydroxylation sites is 1. The van der Waals surface area contributed by atoms with Gasteiger partial charge in [0, 0.05) is 20.0 Å². The Morgan fingerprint density at radius 3 is 2.64 bits per heavy atom. The van der Waals surface area contributed by atoms with E-state index < -0.39 is 0 Å². The van der Waals surface area contributed by atoms with Crippen LogP contribution >= 0.6 is 24.0 Å². The summed E-state index contributed by atoms with van der Waals surface area (Å²) in [5.41, 5.74) is 2.34. The number of aliphatic imine (C=N–C) groups is 1. The van der Waals surface area contributed by atoms with Gasteiger partial charge in [-0.2, -0.15) is 0 Å². The molecule has 0 radical (unpaired) electrons. The fourth-order valence-corrected chi connectivity index (χ4v) is 2.78. The van der Waals surface area contributed by atoms with Crippen LogP contribution in [0.5, 0.6) is 5.75 Å². The second-order valence-electron chi connectivity index (χ2n) is 5.81. The van der Waals surface area contributed by atoms with Gasteiger partial charge in [0.1, 0.15) is 17.7 Å². The Bertz CT molecular complexity index is 681. The zero-order chi connectivity index (χ0) is 16.8. The third-order valence-corrected chi connectivity index (χ3v) is 4.05. The molecule has 0 amide bonds. The summed E-state index contributed by atoms with van der Waals surface area (Å²) in [6, 6.07) is 14.7. The molecule has 25 heavy (non-hydrogen) atoms. The molecule has 1 aliphatic heterocycles. The van der Waals surface area contributed by atoms with Crippen LogP contribution in [0, 0.1) is 5.82 Å². The molecule has 2 aromatic rings. The van der Waals surface area contributed by atoms with Gasteiger partial charge < -0.3 is 15.4 Å². The molecule has 1 unspecified atom stereocenters. The third kappa shape index (κ3) is 5.59. The minimum atomic E-state index is -0.207. The Hall–Kier alpha value is -1.83. The minimum absolute atomic E-state index is 0. The minimum Gasteiger partial charge on any atom is -0.488 e. The van der Waals surface area contributed by atoms with E-state index in [-0.39, 0.29) is 35.9 Å². The van der Waals surface area contributed by atoms with Gasteiger partial charge >= 0.3 is 0 Å². The Kier molecular flexibility index (Phi) is 7.49. The first-order valence-corrected chi connectivity index (χ1v) is 8.18. The number of halogens is 2. The van der Waals surface area contributed by atoms with Gasteiger partial charge in [-0.3, -0.25) is 4.99 Å². The number of nitrogens with one attached hydrogen (secondary N) is 2. The van der Waals surface area contributed by atoms with Gasteiger partial charge in [0.2, 0.25) is 0 Å². The van der Waals surface area contributed by atoms with Crippen LogP contribution in [0.15, 0.2) is 53.5 Å². The second-order valence-corrected chi connectivity index (χ2v) is 5.81. The lowest BCUT2D eigenvalue weighted by Gasteiger charge is -2.15. The molecule has 0 saturated heterocycles. The van der Waals surface area contributed by atoms with E-state index in [0.717, 1.165) is 36.7 Å².